The van der Waals surface area contributed by atoms with E-state index < -0.39 is 0 Å². The fraction of sp³-hybridized carbons (Fsp3) is 0.214. The quantitative estimate of drug-likeness (QED) is 0.658. The molecule has 0 aliphatic carbocycles. The highest BCUT2D eigenvalue weighted by Crippen LogP contribution is 2.24. The highest BCUT2D eigenvalue weighted by Gasteiger charge is 2.01. The number of anilines is 1. The number of pyridine rings is 1. The van der Waals surface area contributed by atoms with Crippen LogP contribution in [0, 0.1) is 11.8 Å². The molecule has 0 aliphatic heterocycles. The number of fused-ring (bicyclic) bond motifs is 1. The predicted molar refractivity (Wildman–Crippen MR) is 73.3 cm³/mol. The van der Waals surface area contributed by atoms with Gasteiger partial charge in [0.1, 0.15) is 0 Å². The van der Waals surface area contributed by atoms with Crippen LogP contribution in [0.15, 0.2) is 30.5 Å². The van der Waals surface area contributed by atoms with Gasteiger partial charge in [0.15, 0.2) is 0 Å². The fourth-order valence-corrected chi connectivity index (χ4v) is 1.83. The third kappa shape index (κ3) is 2.89. The van der Waals surface area contributed by atoms with E-state index in [0.717, 1.165) is 29.6 Å². The lowest BCUT2D eigenvalue weighted by molar-refractivity contribution is 1.10. The molecule has 1 heterocycles. The molecule has 3 heteroatoms. The van der Waals surface area contributed by atoms with Crippen LogP contribution >= 0.6 is 11.6 Å². The molecule has 2 nitrogen and oxygen atoms in total. The molecule has 0 aliphatic rings. The maximum Gasteiger partial charge on any atom is 0.0737 e. The average Bonchev–Trinajstić information content (AvgIpc) is 2.34. The Morgan fingerprint density at radius 2 is 2.24 bits per heavy atom. The molecule has 0 bridgehead atoms. The Kier molecular flexibility index (Phi) is 3.85. The van der Waals surface area contributed by atoms with Crippen molar-refractivity contribution in [3.05, 3.63) is 35.5 Å². The van der Waals surface area contributed by atoms with Crippen LogP contribution in [0.25, 0.3) is 10.9 Å². The van der Waals surface area contributed by atoms with E-state index in [2.05, 4.69) is 22.1 Å². The zero-order chi connectivity index (χ0) is 12.1. The summed E-state index contributed by atoms with van der Waals surface area (Å²) in [4.78, 5) is 4.29. The van der Waals surface area contributed by atoms with Gasteiger partial charge in [0.25, 0.3) is 0 Å². The van der Waals surface area contributed by atoms with E-state index in [-0.39, 0.29) is 0 Å². The summed E-state index contributed by atoms with van der Waals surface area (Å²) in [7, 11) is 0. The van der Waals surface area contributed by atoms with Crippen LogP contribution in [0.3, 0.4) is 0 Å². The van der Waals surface area contributed by atoms with Crippen LogP contribution in [0.4, 0.5) is 5.69 Å². The first kappa shape index (κ1) is 11.8. The van der Waals surface area contributed by atoms with Crippen LogP contribution in [-0.4, -0.2) is 11.5 Å². The molecule has 0 saturated carbocycles. The average molecular weight is 245 g/mol. The molecular weight excluding hydrogens is 232 g/mol. The lowest BCUT2D eigenvalue weighted by atomic mass is 10.2. The lowest BCUT2D eigenvalue weighted by Crippen LogP contribution is -2.01. The molecule has 0 fully saturated rings. The van der Waals surface area contributed by atoms with Gasteiger partial charge in [-0.2, -0.15) is 0 Å². The number of aromatic nitrogens is 1. The first-order valence-corrected chi connectivity index (χ1v) is 5.87. The van der Waals surface area contributed by atoms with Crippen molar-refractivity contribution in [1.29, 1.82) is 0 Å². The maximum atomic E-state index is 5.94. The van der Waals surface area contributed by atoms with Crippen LogP contribution in [0.2, 0.25) is 5.02 Å². The van der Waals surface area contributed by atoms with Gasteiger partial charge in [0.05, 0.1) is 5.52 Å². The lowest BCUT2D eigenvalue weighted by Gasteiger charge is -2.07. The van der Waals surface area contributed by atoms with E-state index in [4.69, 9.17) is 11.6 Å². The molecule has 1 aromatic carbocycles. The Balaban J connectivity index is 2.24. The van der Waals surface area contributed by atoms with Gasteiger partial charge < -0.3 is 5.32 Å². The third-order valence-electron chi connectivity index (χ3n) is 2.45. The normalized spacial score (nSPS) is 9.76. The standard InChI is InChI=1S/C14H13ClN2/c1-2-3-4-8-16-13-7-9-17-14-10-11(15)5-6-12(13)14/h5-7,9-10H,4,8H2,1H3,(H,16,17). The van der Waals surface area contributed by atoms with Gasteiger partial charge in [-0.25, -0.2) is 0 Å². The van der Waals surface area contributed by atoms with E-state index in [0.29, 0.717) is 5.02 Å². The van der Waals surface area contributed by atoms with Crippen molar-refractivity contribution >= 4 is 28.2 Å². The molecule has 2 aromatic rings. The van der Waals surface area contributed by atoms with Gasteiger partial charge in [0, 0.05) is 35.3 Å². The Bertz CT molecular complexity index is 582. The van der Waals surface area contributed by atoms with Crippen molar-refractivity contribution in [2.75, 3.05) is 11.9 Å². The van der Waals surface area contributed by atoms with E-state index >= 15 is 0 Å². The highest BCUT2D eigenvalue weighted by atomic mass is 35.5. The third-order valence-corrected chi connectivity index (χ3v) is 2.68. The van der Waals surface area contributed by atoms with Crippen LogP contribution in [0.5, 0.6) is 0 Å². The van der Waals surface area contributed by atoms with Crippen molar-refractivity contribution in [2.45, 2.75) is 13.3 Å². The van der Waals surface area contributed by atoms with E-state index in [9.17, 15) is 0 Å². The number of halogens is 1. The SMILES string of the molecule is CC#CCCNc1ccnc2cc(Cl)ccc12. The van der Waals surface area contributed by atoms with Crippen molar-refractivity contribution in [3.63, 3.8) is 0 Å². The molecule has 0 spiro atoms. The molecular formula is C14H13ClN2. The summed E-state index contributed by atoms with van der Waals surface area (Å²) in [5.74, 6) is 5.91. The van der Waals surface area contributed by atoms with E-state index in [1.54, 1.807) is 6.20 Å². The molecule has 0 amide bonds. The number of hydrogen-bond donors (Lipinski definition) is 1. The second-order valence-electron chi connectivity index (χ2n) is 3.62. The van der Waals surface area contributed by atoms with Crippen molar-refractivity contribution in [1.82, 2.24) is 4.98 Å². The minimum Gasteiger partial charge on any atom is -0.383 e. The van der Waals surface area contributed by atoms with Crippen molar-refractivity contribution in [2.24, 2.45) is 0 Å². The largest absolute Gasteiger partial charge is 0.383 e. The molecule has 2 rings (SSSR count). The highest BCUT2D eigenvalue weighted by molar-refractivity contribution is 6.31. The fourth-order valence-electron chi connectivity index (χ4n) is 1.66. The summed E-state index contributed by atoms with van der Waals surface area (Å²) < 4.78 is 0. The van der Waals surface area contributed by atoms with Gasteiger partial charge in [-0.15, -0.1) is 11.8 Å². The zero-order valence-electron chi connectivity index (χ0n) is 9.63. The monoisotopic (exact) mass is 244 g/mol. The van der Waals surface area contributed by atoms with E-state index in [1.807, 2.05) is 31.2 Å². The number of rotatable bonds is 3. The number of hydrogen-bond acceptors (Lipinski definition) is 2. The minimum absolute atomic E-state index is 0.707. The molecule has 1 N–H and O–H groups in total. The molecule has 1 aromatic heterocycles. The van der Waals surface area contributed by atoms with Gasteiger partial charge in [-0.1, -0.05) is 11.6 Å². The van der Waals surface area contributed by atoms with Gasteiger partial charge >= 0.3 is 0 Å². The molecule has 17 heavy (non-hydrogen) atoms. The summed E-state index contributed by atoms with van der Waals surface area (Å²) in [6.45, 7) is 2.69. The minimum atomic E-state index is 0.707. The second kappa shape index (κ2) is 5.56. The van der Waals surface area contributed by atoms with Crippen molar-refractivity contribution in [3.8, 4) is 11.8 Å². The Labute approximate surface area is 106 Å². The van der Waals surface area contributed by atoms with Crippen LogP contribution in [0.1, 0.15) is 13.3 Å². The van der Waals surface area contributed by atoms with Gasteiger partial charge in [-0.05, 0) is 31.2 Å². The van der Waals surface area contributed by atoms with E-state index in [1.165, 1.54) is 0 Å². The van der Waals surface area contributed by atoms with Gasteiger partial charge in [-0.3, -0.25) is 4.98 Å². The zero-order valence-corrected chi connectivity index (χ0v) is 10.4. The smallest absolute Gasteiger partial charge is 0.0737 e. The Morgan fingerprint density at radius 1 is 1.35 bits per heavy atom. The van der Waals surface area contributed by atoms with Gasteiger partial charge in [0.2, 0.25) is 0 Å². The topological polar surface area (TPSA) is 24.9 Å². The number of benzene rings is 1. The molecule has 0 atom stereocenters. The Hall–Kier alpha value is -1.72. The molecule has 0 saturated heterocycles. The number of nitrogens with zero attached hydrogens (tertiary/aromatic N) is 1. The molecule has 0 unspecified atom stereocenters. The van der Waals surface area contributed by atoms with Crippen LogP contribution < -0.4 is 5.32 Å². The summed E-state index contributed by atoms with van der Waals surface area (Å²) >= 11 is 5.94. The predicted octanol–water partition coefficient (Wildman–Crippen LogP) is 3.71. The van der Waals surface area contributed by atoms with Crippen LogP contribution in [-0.2, 0) is 0 Å². The summed E-state index contributed by atoms with van der Waals surface area (Å²) in [6.07, 6.45) is 2.63. The maximum absolute atomic E-state index is 5.94. The summed E-state index contributed by atoms with van der Waals surface area (Å²) in [6, 6.07) is 7.70. The molecule has 86 valence electrons. The summed E-state index contributed by atoms with van der Waals surface area (Å²) in [5.41, 5.74) is 1.98. The number of nitrogens with one attached hydrogen (secondary N) is 1. The first-order valence-electron chi connectivity index (χ1n) is 5.49. The first-order chi connectivity index (χ1) is 8.31. The molecule has 0 radical (unpaired) electrons. The summed E-state index contributed by atoms with van der Waals surface area (Å²) in [5, 5.41) is 5.15. The Morgan fingerprint density at radius 3 is 3.06 bits per heavy atom. The van der Waals surface area contributed by atoms with Crippen molar-refractivity contribution < 1.29 is 0 Å². The second-order valence-corrected chi connectivity index (χ2v) is 4.06.